The maximum Gasteiger partial charge on any atom is 0.234 e. The van der Waals surface area contributed by atoms with Gasteiger partial charge in [0.25, 0.3) is 0 Å². The second kappa shape index (κ2) is 6.76. The molecule has 0 aromatic rings. The molecule has 1 fully saturated rings. The van der Waals surface area contributed by atoms with Gasteiger partial charge >= 0.3 is 0 Å². The number of hydrogen-bond acceptors (Lipinski definition) is 4. The Labute approximate surface area is 90.4 Å². The number of carbonyl (C=O) groups is 1. The zero-order valence-corrected chi connectivity index (χ0v) is 9.24. The van der Waals surface area contributed by atoms with Crippen LogP contribution < -0.4 is 5.32 Å². The third-order valence-electron chi connectivity index (χ3n) is 2.68. The molecule has 1 aliphatic rings. The quantitative estimate of drug-likeness (QED) is 0.571. The minimum absolute atomic E-state index is 0.00685. The van der Waals surface area contributed by atoms with E-state index in [1.54, 1.807) is 7.11 Å². The minimum Gasteiger partial charge on any atom is -0.395 e. The molecule has 15 heavy (non-hydrogen) atoms. The molecule has 0 saturated carbocycles. The molecule has 5 nitrogen and oxygen atoms in total. The van der Waals surface area contributed by atoms with Crippen molar-refractivity contribution in [2.45, 2.75) is 18.9 Å². The van der Waals surface area contributed by atoms with E-state index in [1.165, 1.54) is 0 Å². The van der Waals surface area contributed by atoms with Gasteiger partial charge in [-0.3, -0.25) is 9.69 Å². The van der Waals surface area contributed by atoms with Gasteiger partial charge in [-0.05, 0) is 19.4 Å². The highest BCUT2D eigenvalue weighted by Gasteiger charge is 2.24. The first kappa shape index (κ1) is 12.4. The number of aliphatic hydroxyl groups excluding tert-OH is 1. The number of hydrogen-bond donors (Lipinski definition) is 2. The van der Waals surface area contributed by atoms with E-state index in [-0.39, 0.29) is 18.6 Å². The van der Waals surface area contributed by atoms with E-state index in [2.05, 4.69) is 5.32 Å². The molecule has 1 amide bonds. The van der Waals surface area contributed by atoms with Crippen LogP contribution in [0.3, 0.4) is 0 Å². The van der Waals surface area contributed by atoms with Crippen LogP contribution in [0.25, 0.3) is 0 Å². The molecule has 1 heterocycles. The molecule has 5 heteroatoms. The molecule has 0 aromatic heterocycles. The Kier molecular flexibility index (Phi) is 5.60. The molecule has 88 valence electrons. The molecular formula is C10H20N2O3. The first-order chi connectivity index (χ1) is 7.27. The van der Waals surface area contributed by atoms with E-state index in [9.17, 15) is 4.79 Å². The van der Waals surface area contributed by atoms with Crippen LogP contribution in [-0.4, -0.2) is 61.9 Å². The summed E-state index contributed by atoms with van der Waals surface area (Å²) >= 11 is 0. The molecule has 1 aliphatic heterocycles. The molecule has 0 spiro atoms. The molecule has 0 radical (unpaired) electrons. The minimum atomic E-state index is 0.00685. The van der Waals surface area contributed by atoms with Gasteiger partial charge in [-0.1, -0.05) is 0 Å². The van der Waals surface area contributed by atoms with Crippen molar-refractivity contribution < 1.29 is 14.6 Å². The Morgan fingerprint density at radius 2 is 2.47 bits per heavy atom. The highest BCUT2D eigenvalue weighted by Crippen LogP contribution is 2.15. The van der Waals surface area contributed by atoms with Crippen LogP contribution in [-0.2, 0) is 9.53 Å². The average Bonchev–Trinajstić information content (AvgIpc) is 2.65. The smallest absolute Gasteiger partial charge is 0.234 e. The lowest BCUT2D eigenvalue weighted by atomic mass is 10.2. The Bertz CT molecular complexity index is 199. The van der Waals surface area contributed by atoms with E-state index >= 15 is 0 Å². The maximum absolute atomic E-state index is 11.4. The van der Waals surface area contributed by atoms with Crippen LogP contribution in [0, 0.1) is 0 Å². The fourth-order valence-corrected chi connectivity index (χ4v) is 1.84. The number of aliphatic hydroxyl groups is 1. The highest BCUT2D eigenvalue weighted by molar-refractivity contribution is 5.78. The van der Waals surface area contributed by atoms with E-state index in [0.29, 0.717) is 19.7 Å². The second-order valence-corrected chi connectivity index (χ2v) is 3.79. The van der Waals surface area contributed by atoms with Gasteiger partial charge in [0.2, 0.25) is 5.91 Å². The standard InChI is InChI=1S/C10H20N2O3/c1-15-6-4-11-10(14)7-12-5-2-3-9(12)8-13/h9,13H,2-8H2,1H3,(H,11,14)/t9-/m0/s1. The monoisotopic (exact) mass is 216 g/mol. The van der Waals surface area contributed by atoms with Crippen LogP contribution >= 0.6 is 0 Å². The SMILES string of the molecule is COCCNC(=O)CN1CCC[C@H]1CO. The molecular weight excluding hydrogens is 196 g/mol. The van der Waals surface area contributed by atoms with Gasteiger partial charge < -0.3 is 15.2 Å². The third-order valence-corrected chi connectivity index (χ3v) is 2.68. The van der Waals surface area contributed by atoms with Gasteiger partial charge in [0.05, 0.1) is 19.8 Å². The van der Waals surface area contributed by atoms with E-state index in [0.717, 1.165) is 19.4 Å². The lowest BCUT2D eigenvalue weighted by Gasteiger charge is -2.21. The first-order valence-electron chi connectivity index (χ1n) is 5.38. The maximum atomic E-state index is 11.4. The van der Waals surface area contributed by atoms with Crippen LogP contribution in [0.1, 0.15) is 12.8 Å². The fraction of sp³-hybridized carbons (Fsp3) is 0.900. The zero-order valence-electron chi connectivity index (χ0n) is 9.24. The molecule has 0 aliphatic carbocycles. The summed E-state index contributed by atoms with van der Waals surface area (Å²) in [7, 11) is 1.61. The van der Waals surface area contributed by atoms with Crippen molar-refractivity contribution in [1.29, 1.82) is 0 Å². The molecule has 1 rings (SSSR count). The fourth-order valence-electron chi connectivity index (χ4n) is 1.84. The van der Waals surface area contributed by atoms with Crippen molar-refractivity contribution in [1.82, 2.24) is 10.2 Å². The van der Waals surface area contributed by atoms with Gasteiger partial charge in [0.1, 0.15) is 0 Å². The first-order valence-corrected chi connectivity index (χ1v) is 5.38. The number of ether oxygens (including phenoxy) is 1. The van der Waals surface area contributed by atoms with Crippen LogP contribution in [0.5, 0.6) is 0 Å². The second-order valence-electron chi connectivity index (χ2n) is 3.79. The van der Waals surface area contributed by atoms with Gasteiger partial charge in [0.15, 0.2) is 0 Å². The lowest BCUT2D eigenvalue weighted by molar-refractivity contribution is -0.122. The number of carbonyl (C=O) groups excluding carboxylic acids is 1. The predicted molar refractivity (Wildman–Crippen MR) is 56.6 cm³/mol. The van der Waals surface area contributed by atoms with Crippen LogP contribution in [0.4, 0.5) is 0 Å². The zero-order chi connectivity index (χ0) is 11.1. The summed E-state index contributed by atoms with van der Waals surface area (Å²) in [6.07, 6.45) is 2.05. The third kappa shape index (κ3) is 4.15. The Balaban J connectivity index is 2.19. The van der Waals surface area contributed by atoms with Crippen LogP contribution in [0.2, 0.25) is 0 Å². The molecule has 2 N–H and O–H groups in total. The molecule has 0 unspecified atom stereocenters. The summed E-state index contributed by atoms with van der Waals surface area (Å²) in [6, 6.07) is 0.165. The van der Waals surface area contributed by atoms with Gasteiger partial charge in [-0.15, -0.1) is 0 Å². The number of nitrogens with one attached hydrogen (secondary N) is 1. The van der Waals surface area contributed by atoms with Crippen molar-refractivity contribution in [3.8, 4) is 0 Å². The van der Waals surface area contributed by atoms with Crippen molar-refractivity contribution in [2.24, 2.45) is 0 Å². The van der Waals surface area contributed by atoms with Crippen molar-refractivity contribution >= 4 is 5.91 Å². The number of likely N-dealkylation sites (tertiary alicyclic amines) is 1. The largest absolute Gasteiger partial charge is 0.395 e. The summed E-state index contributed by atoms with van der Waals surface area (Å²) in [5.41, 5.74) is 0. The number of rotatable bonds is 6. The normalized spacial score (nSPS) is 21.9. The van der Waals surface area contributed by atoms with E-state index < -0.39 is 0 Å². The van der Waals surface area contributed by atoms with Gasteiger partial charge in [0, 0.05) is 19.7 Å². The van der Waals surface area contributed by atoms with E-state index in [1.807, 2.05) is 4.90 Å². The summed E-state index contributed by atoms with van der Waals surface area (Å²) in [4.78, 5) is 13.5. The highest BCUT2D eigenvalue weighted by atomic mass is 16.5. The van der Waals surface area contributed by atoms with Crippen molar-refractivity contribution in [2.75, 3.05) is 40.0 Å². The van der Waals surface area contributed by atoms with Gasteiger partial charge in [-0.25, -0.2) is 0 Å². The molecule has 1 saturated heterocycles. The Morgan fingerprint density at radius 3 is 3.13 bits per heavy atom. The molecule has 0 aromatic carbocycles. The number of nitrogens with zero attached hydrogens (tertiary/aromatic N) is 1. The van der Waals surface area contributed by atoms with Crippen LogP contribution in [0.15, 0.2) is 0 Å². The van der Waals surface area contributed by atoms with Crippen molar-refractivity contribution in [3.05, 3.63) is 0 Å². The molecule has 0 bridgehead atoms. The number of amides is 1. The predicted octanol–water partition coefficient (Wildman–Crippen LogP) is -0.794. The summed E-state index contributed by atoms with van der Waals surface area (Å²) in [5.74, 6) is 0.00685. The summed E-state index contributed by atoms with van der Waals surface area (Å²) in [5, 5.41) is 11.8. The lowest BCUT2D eigenvalue weighted by Crippen LogP contribution is -2.41. The van der Waals surface area contributed by atoms with E-state index in [4.69, 9.17) is 9.84 Å². The Morgan fingerprint density at radius 1 is 1.67 bits per heavy atom. The summed E-state index contributed by atoms with van der Waals surface area (Å²) < 4.78 is 4.84. The molecule has 1 atom stereocenters. The number of methoxy groups -OCH3 is 1. The van der Waals surface area contributed by atoms with Gasteiger partial charge in [-0.2, -0.15) is 0 Å². The topological polar surface area (TPSA) is 61.8 Å². The summed E-state index contributed by atoms with van der Waals surface area (Å²) in [6.45, 7) is 2.52. The average molecular weight is 216 g/mol. The van der Waals surface area contributed by atoms with Crippen molar-refractivity contribution in [3.63, 3.8) is 0 Å². The Hall–Kier alpha value is -0.650.